The Hall–Kier alpha value is -4.32. The number of benzene rings is 3. The van der Waals surface area contributed by atoms with Crippen molar-refractivity contribution >= 4 is 33.3 Å². The molecule has 1 N–H and O–H groups in total. The van der Waals surface area contributed by atoms with Gasteiger partial charge in [0.15, 0.2) is 13.2 Å². The molecule has 3 aromatic carbocycles. The summed E-state index contributed by atoms with van der Waals surface area (Å²) in [7, 11) is 0.418. The summed E-state index contributed by atoms with van der Waals surface area (Å²) in [5.74, 6) is -0.659. The molecule has 3 rings (SSSR count). The second kappa shape index (κ2) is 12.1. The Morgan fingerprint density at radius 2 is 1.46 bits per heavy atom. The minimum atomic E-state index is -3.89. The summed E-state index contributed by atoms with van der Waals surface area (Å²) in [4.78, 5) is 24.0. The highest BCUT2D eigenvalue weighted by Gasteiger charge is 2.21. The number of nitrogens with zero attached hydrogens (tertiary/aromatic N) is 1. The molecule has 0 saturated heterocycles. The van der Waals surface area contributed by atoms with Crippen molar-refractivity contribution in [1.82, 2.24) is 0 Å². The molecule has 0 spiro atoms. The molecular weight excluding hydrogens is 507 g/mol. The summed E-state index contributed by atoms with van der Waals surface area (Å²) in [6.45, 7) is -1.00. The van der Waals surface area contributed by atoms with Crippen LogP contribution < -0.4 is 23.8 Å². The van der Waals surface area contributed by atoms with E-state index in [0.717, 1.165) is 16.4 Å². The zero-order valence-electron chi connectivity index (χ0n) is 20.3. The first-order valence-electron chi connectivity index (χ1n) is 10.8. The lowest BCUT2D eigenvalue weighted by atomic mass is 10.2. The van der Waals surface area contributed by atoms with Crippen molar-refractivity contribution < 1.29 is 41.3 Å². The number of sulfonamides is 1. The molecular formula is C25H25FN2O8S. The Bertz CT molecular complexity index is 1320. The smallest absolute Gasteiger partial charge is 0.344 e. The van der Waals surface area contributed by atoms with Gasteiger partial charge in [-0.15, -0.1) is 0 Å². The van der Waals surface area contributed by atoms with Gasteiger partial charge in [-0.2, -0.15) is 0 Å². The topological polar surface area (TPSA) is 120 Å². The van der Waals surface area contributed by atoms with Crippen molar-refractivity contribution in [2.24, 2.45) is 0 Å². The van der Waals surface area contributed by atoms with Crippen LogP contribution in [-0.2, 0) is 24.3 Å². The third kappa shape index (κ3) is 7.34. The van der Waals surface area contributed by atoms with Gasteiger partial charge in [0.1, 0.15) is 23.1 Å². The maximum absolute atomic E-state index is 13.1. The number of carbonyl (C=O) groups is 2. The highest BCUT2D eigenvalue weighted by molar-refractivity contribution is 7.92. The van der Waals surface area contributed by atoms with Gasteiger partial charge in [0, 0.05) is 30.9 Å². The summed E-state index contributed by atoms with van der Waals surface area (Å²) < 4.78 is 60.1. The van der Waals surface area contributed by atoms with Gasteiger partial charge in [0.25, 0.3) is 15.9 Å². The van der Waals surface area contributed by atoms with Gasteiger partial charge in [-0.1, -0.05) is 0 Å². The van der Waals surface area contributed by atoms with Gasteiger partial charge in [-0.3, -0.25) is 9.10 Å². The molecule has 0 fully saturated rings. The number of nitrogens with one attached hydrogen (secondary N) is 1. The van der Waals surface area contributed by atoms with Gasteiger partial charge in [0.2, 0.25) is 0 Å². The first-order valence-corrected chi connectivity index (χ1v) is 12.2. The molecule has 37 heavy (non-hydrogen) atoms. The van der Waals surface area contributed by atoms with Crippen molar-refractivity contribution in [1.29, 1.82) is 0 Å². The number of carbonyl (C=O) groups excluding carboxylic acids is 2. The first-order chi connectivity index (χ1) is 17.6. The molecule has 0 saturated carbocycles. The van der Waals surface area contributed by atoms with Crippen LogP contribution in [-0.4, -0.2) is 54.8 Å². The molecule has 1 amide bonds. The third-order valence-corrected chi connectivity index (χ3v) is 6.83. The van der Waals surface area contributed by atoms with Crippen molar-refractivity contribution in [2.45, 2.75) is 4.90 Å². The van der Waals surface area contributed by atoms with Crippen LogP contribution in [0.1, 0.15) is 0 Å². The fourth-order valence-electron chi connectivity index (χ4n) is 3.06. The number of hydrogen-bond donors (Lipinski definition) is 1. The molecule has 0 unspecified atom stereocenters. The Kier molecular flexibility index (Phi) is 8.90. The Balaban J connectivity index is 1.49. The van der Waals surface area contributed by atoms with E-state index in [1.54, 1.807) is 18.2 Å². The largest absolute Gasteiger partial charge is 0.497 e. The monoisotopic (exact) mass is 532 g/mol. The highest BCUT2D eigenvalue weighted by Crippen LogP contribution is 2.26. The van der Waals surface area contributed by atoms with E-state index >= 15 is 0 Å². The number of halogens is 1. The summed E-state index contributed by atoms with van der Waals surface area (Å²) in [6, 6.07) is 15.2. The molecule has 0 radical (unpaired) electrons. The summed E-state index contributed by atoms with van der Waals surface area (Å²) in [5, 5.41) is 2.57. The van der Waals surface area contributed by atoms with Crippen LogP contribution in [0, 0.1) is 5.82 Å². The van der Waals surface area contributed by atoms with Gasteiger partial charge in [-0.25, -0.2) is 17.6 Å². The van der Waals surface area contributed by atoms with Crippen LogP contribution in [0.15, 0.2) is 71.6 Å². The zero-order valence-corrected chi connectivity index (χ0v) is 21.1. The molecule has 0 aliphatic carbocycles. The lowest BCUT2D eigenvalue weighted by molar-refractivity contribution is -0.149. The van der Waals surface area contributed by atoms with Crippen molar-refractivity contribution in [2.75, 3.05) is 44.1 Å². The van der Waals surface area contributed by atoms with E-state index in [-0.39, 0.29) is 10.6 Å². The van der Waals surface area contributed by atoms with Crippen molar-refractivity contribution in [3.63, 3.8) is 0 Å². The number of methoxy groups -OCH3 is 2. The van der Waals surface area contributed by atoms with Crippen LogP contribution in [0.5, 0.6) is 17.2 Å². The Morgan fingerprint density at radius 3 is 2.03 bits per heavy atom. The molecule has 0 aliphatic heterocycles. The quantitative estimate of drug-likeness (QED) is 0.374. The second-order valence-electron chi connectivity index (χ2n) is 7.52. The molecule has 0 aliphatic rings. The minimum Gasteiger partial charge on any atom is -0.497 e. The van der Waals surface area contributed by atoms with Gasteiger partial charge in [0.05, 0.1) is 24.8 Å². The summed E-state index contributed by atoms with van der Waals surface area (Å²) in [5.41, 5.74) is 0.727. The maximum Gasteiger partial charge on any atom is 0.344 e. The number of anilines is 2. The minimum absolute atomic E-state index is 0.0611. The number of amides is 1. The first kappa shape index (κ1) is 27.3. The molecule has 0 aromatic heterocycles. The van der Waals surface area contributed by atoms with Gasteiger partial charge >= 0.3 is 5.97 Å². The van der Waals surface area contributed by atoms with Crippen LogP contribution in [0.4, 0.5) is 15.8 Å². The highest BCUT2D eigenvalue weighted by atomic mass is 32.2. The van der Waals surface area contributed by atoms with E-state index in [1.807, 2.05) is 0 Å². The predicted octanol–water partition coefficient (Wildman–Crippen LogP) is 3.23. The third-order valence-electron chi connectivity index (χ3n) is 5.03. The van der Waals surface area contributed by atoms with E-state index in [2.05, 4.69) is 5.32 Å². The predicted molar refractivity (Wildman–Crippen MR) is 133 cm³/mol. The van der Waals surface area contributed by atoms with Gasteiger partial charge < -0.3 is 24.3 Å². The van der Waals surface area contributed by atoms with E-state index in [0.29, 0.717) is 22.9 Å². The lowest BCUT2D eigenvalue weighted by Gasteiger charge is -2.19. The van der Waals surface area contributed by atoms with Gasteiger partial charge in [-0.05, 0) is 48.5 Å². The number of hydrogen-bond acceptors (Lipinski definition) is 8. The van der Waals surface area contributed by atoms with Crippen molar-refractivity contribution in [3.05, 3.63) is 72.5 Å². The summed E-state index contributed by atoms with van der Waals surface area (Å²) in [6.07, 6.45) is 0. The molecule has 12 heteroatoms. The molecule has 0 atom stereocenters. The number of esters is 1. The molecule has 196 valence electrons. The van der Waals surface area contributed by atoms with E-state index in [4.69, 9.17) is 18.9 Å². The lowest BCUT2D eigenvalue weighted by Crippen LogP contribution is -2.26. The average molecular weight is 533 g/mol. The van der Waals surface area contributed by atoms with Crippen molar-refractivity contribution in [3.8, 4) is 17.2 Å². The molecule has 0 heterocycles. The zero-order chi connectivity index (χ0) is 27.0. The second-order valence-corrected chi connectivity index (χ2v) is 9.49. The number of rotatable bonds is 11. The Morgan fingerprint density at radius 1 is 0.865 bits per heavy atom. The Labute approximate surface area is 213 Å². The fraction of sp³-hybridized carbons (Fsp3) is 0.200. The molecule has 0 bridgehead atoms. The molecule has 3 aromatic rings. The standard InChI is InChI=1S/C25H25FN2O8S/c1-28(37(31,32)23-10-4-17(26)5-11-23)19-6-8-20(9-7-19)35-16-25(30)36-15-24(29)27-18-12-21(33-2)14-22(13-18)34-3/h4-14H,15-16H2,1-3H3,(H,27,29). The molecule has 10 nitrogen and oxygen atoms in total. The SMILES string of the molecule is COc1cc(NC(=O)COC(=O)COc2ccc(N(C)S(=O)(=O)c3ccc(F)cc3)cc2)cc(OC)c1. The maximum atomic E-state index is 13.1. The van der Waals surface area contributed by atoms with E-state index < -0.39 is 40.9 Å². The van der Waals surface area contributed by atoms with E-state index in [9.17, 15) is 22.4 Å². The van der Waals surface area contributed by atoms with E-state index in [1.165, 1.54) is 57.7 Å². The fourth-order valence-corrected chi connectivity index (χ4v) is 4.26. The van der Waals surface area contributed by atoms with Crippen LogP contribution >= 0.6 is 0 Å². The van der Waals surface area contributed by atoms with Crippen LogP contribution in [0.3, 0.4) is 0 Å². The van der Waals surface area contributed by atoms with Crippen LogP contribution in [0.2, 0.25) is 0 Å². The average Bonchev–Trinajstić information content (AvgIpc) is 2.90. The van der Waals surface area contributed by atoms with Crippen LogP contribution in [0.25, 0.3) is 0 Å². The number of ether oxygens (including phenoxy) is 4. The summed E-state index contributed by atoms with van der Waals surface area (Å²) >= 11 is 0. The normalized spacial score (nSPS) is 10.8.